The van der Waals surface area contributed by atoms with E-state index < -0.39 is 0 Å². The van der Waals surface area contributed by atoms with Gasteiger partial charge in [0.05, 0.1) is 43.8 Å². The summed E-state index contributed by atoms with van der Waals surface area (Å²) in [4.78, 5) is 36.1. The summed E-state index contributed by atoms with van der Waals surface area (Å²) in [5, 5.41) is 5.76. The van der Waals surface area contributed by atoms with Crippen LogP contribution in [0.3, 0.4) is 0 Å². The molecule has 0 atom stereocenters. The molecule has 2 amide bonds. The Hall–Kier alpha value is -3.37. The summed E-state index contributed by atoms with van der Waals surface area (Å²) in [6.45, 7) is 1.14. The van der Waals surface area contributed by atoms with Gasteiger partial charge in [-0.05, 0) is 37.1 Å². The maximum atomic E-state index is 13.2. The zero-order valence-electron chi connectivity index (χ0n) is 19.5. The number of nitrogens with one attached hydrogen (secondary N) is 1. The number of ether oxygens (including phenoxy) is 3. The quantitative estimate of drug-likeness (QED) is 0.461. The number of benzene rings is 1. The molecule has 11 heteroatoms. The number of hydrogen-bond acceptors (Lipinski definition) is 8. The molecule has 3 heterocycles. The van der Waals surface area contributed by atoms with Crippen LogP contribution in [0.4, 0.5) is 5.69 Å². The van der Waals surface area contributed by atoms with Crippen molar-refractivity contribution in [3.05, 3.63) is 57.3 Å². The average molecular weight is 517 g/mol. The molecule has 0 aliphatic carbocycles. The second-order valence-electron chi connectivity index (χ2n) is 7.84. The fourth-order valence-corrected chi connectivity index (χ4v) is 5.08. The van der Waals surface area contributed by atoms with E-state index in [-0.39, 0.29) is 17.7 Å². The second-order valence-corrected chi connectivity index (χ2v) is 9.12. The zero-order chi connectivity index (χ0) is 24.9. The Morgan fingerprint density at radius 1 is 1.06 bits per heavy atom. The number of anilines is 1. The number of methoxy groups -OCH3 is 3. The number of amides is 2. The van der Waals surface area contributed by atoms with Crippen molar-refractivity contribution < 1.29 is 23.8 Å². The summed E-state index contributed by atoms with van der Waals surface area (Å²) in [6.07, 6.45) is 2.99. The van der Waals surface area contributed by atoms with Gasteiger partial charge in [-0.1, -0.05) is 11.6 Å². The van der Waals surface area contributed by atoms with Crippen molar-refractivity contribution in [3.63, 3.8) is 0 Å². The first-order valence-electron chi connectivity index (χ1n) is 10.9. The molecule has 1 N–H and O–H groups in total. The first-order valence-corrected chi connectivity index (χ1v) is 12.2. The highest BCUT2D eigenvalue weighted by Gasteiger charge is 2.30. The number of likely N-dealkylation sites (tertiary alicyclic amines) is 1. The minimum absolute atomic E-state index is 0.128. The van der Waals surface area contributed by atoms with Gasteiger partial charge in [0.25, 0.3) is 11.8 Å². The molecule has 1 saturated heterocycles. The summed E-state index contributed by atoms with van der Waals surface area (Å²) >= 11 is 7.24. The molecule has 184 valence electrons. The van der Waals surface area contributed by atoms with E-state index in [4.69, 9.17) is 25.8 Å². The third kappa shape index (κ3) is 5.33. The maximum Gasteiger partial charge on any atom is 0.275 e. The second kappa shape index (κ2) is 10.9. The van der Waals surface area contributed by atoms with Crippen molar-refractivity contribution in [1.82, 2.24) is 14.9 Å². The molecule has 3 aromatic rings. The van der Waals surface area contributed by atoms with Gasteiger partial charge in [0, 0.05) is 24.4 Å². The van der Waals surface area contributed by atoms with Gasteiger partial charge in [-0.25, -0.2) is 9.97 Å². The lowest BCUT2D eigenvalue weighted by Crippen LogP contribution is -2.38. The molecule has 9 nitrogen and oxygen atoms in total. The first kappa shape index (κ1) is 24.7. The lowest BCUT2D eigenvalue weighted by Gasteiger charge is -2.31. The number of carbonyl (C=O) groups is 2. The van der Waals surface area contributed by atoms with E-state index in [1.807, 2.05) is 0 Å². The van der Waals surface area contributed by atoms with Gasteiger partial charge in [0.1, 0.15) is 10.8 Å². The largest absolute Gasteiger partial charge is 0.493 e. The monoisotopic (exact) mass is 516 g/mol. The number of carbonyl (C=O) groups excluding carboxylic acids is 2. The Balaban J connectivity index is 1.40. The molecule has 1 aliphatic heterocycles. The summed E-state index contributed by atoms with van der Waals surface area (Å²) < 4.78 is 16.2. The highest BCUT2D eigenvalue weighted by Crippen LogP contribution is 2.41. The van der Waals surface area contributed by atoms with Crippen LogP contribution in [0.2, 0.25) is 5.15 Å². The molecule has 0 unspecified atom stereocenters. The molecule has 2 aromatic heterocycles. The topological polar surface area (TPSA) is 103 Å². The van der Waals surface area contributed by atoms with Crippen LogP contribution in [0.1, 0.15) is 44.6 Å². The molecule has 35 heavy (non-hydrogen) atoms. The van der Waals surface area contributed by atoms with Gasteiger partial charge in [-0.3, -0.25) is 9.59 Å². The number of pyridine rings is 1. The van der Waals surface area contributed by atoms with Crippen LogP contribution in [-0.4, -0.2) is 61.1 Å². The number of aromatic nitrogens is 2. The fraction of sp³-hybridized carbons (Fsp3) is 0.333. The number of halogens is 1. The van der Waals surface area contributed by atoms with Gasteiger partial charge in [-0.2, -0.15) is 0 Å². The molecule has 0 radical (unpaired) electrons. The lowest BCUT2D eigenvalue weighted by atomic mass is 9.97. The molecular weight excluding hydrogens is 492 g/mol. The number of thiazole rings is 1. The van der Waals surface area contributed by atoms with E-state index in [1.165, 1.54) is 38.9 Å². The van der Waals surface area contributed by atoms with E-state index in [1.54, 1.807) is 34.5 Å². The third-order valence-electron chi connectivity index (χ3n) is 5.81. The first-order chi connectivity index (χ1) is 16.9. The SMILES string of the molecule is COc1ccc(C(=O)N2CCC(c3nc(C(=O)Nc4ccc(Cl)nc4)cs3)CC2)c(OC)c1OC. The number of nitrogens with zero attached hydrogens (tertiary/aromatic N) is 3. The Labute approximate surface area is 212 Å². The van der Waals surface area contributed by atoms with Crippen molar-refractivity contribution in [2.45, 2.75) is 18.8 Å². The highest BCUT2D eigenvalue weighted by molar-refractivity contribution is 7.10. The molecule has 4 rings (SSSR count). The van der Waals surface area contributed by atoms with Gasteiger partial charge in [0.15, 0.2) is 11.5 Å². The molecule has 1 aromatic carbocycles. The highest BCUT2D eigenvalue weighted by atomic mass is 35.5. The molecular formula is C24H25ClN4O5S. The van der Waals surface area contributed by atoms with Gasteiger partial charge >= 0.3 is 0 Å². The van der Waals surface area contributed by atoms with Crippen molar-refractivity contribution in [2.24, 2.45) is 0 Å². The van der Waals surface area contributed by atoms with E-state index in [0.29, 0.717) is 52.4 Å². The molecule has 0 saturated carbocycles. The Morgan fingerprint density at radius 2 is 1.80 bits per heavy atom. The summed E-state index contributed by atoms with van der Waals surface area (Å²) in [5.74, 6) is 0.983. The standard InChI is InChI=1S/C24H25ClN4O5S/c1-32-18-6-5-16(20(33-2)21(18)34-3)24(31)29-10-8-14(9-11-29)23-28-17(13-35-23)22(30)27-15-4-7-19(25)26-12-15/h4-7,12-14H,8-11H2,1-3H3,(H,27,30). The van der Waals surface area contributed by atoms with Gasteiger partial charge < -0.3 is 24.4 Å². The number of rotatable bonds is 7. The predicted molar refractivity (Wildman–Crippen MR) is 133 cm³/mol. The third-order valence-corrected chi connectivity index (χ3v) is 7.04. The van der Waals surface area contributed by atoms with E-state index >= 15 is 0 Å². The zero-order valence-corrected chi connectivity index (χ0v) is 21.1. The van der Waals surface area contributed by atoms with E-state index in [0.717, 1.165) is 17.8 Å². The smallest absolute Gasteiger partial charge is 0.275 e. The van der Waals surface area contributed by atoms with Crippen LogP contribution >= 0.6 is 22.9 Å². The van der Waals surface area contributed by atoms with Crippen LogP contribution in [0.25, 0.3) is 0 Å². The van der Waals surface area contributed by atoms with Crippen LogP contribution in [0.15, 0.2) is 35.8 Å². The average Bonchev–Trinajstić information content (AvgIpc) is 3.39. The van der Waals surface area contributed by atoms with Gasteiger partial charge in [0.2, 0.25) is 5.75 Å². The molecule has 0 bridgehead atoms. The Bertz CT molecular complexity index is 1210. The lowest BCUT2D eigenvalue weighted by molar-refractivity contribution is 0.0708. The molecule has 1 fully saturated rings. The van der Waals surface area contributed by atoms with Crippen LogP contribution < -0.4 is 19.5 Å². The summed E-state index contributed by atoms with van der Waals surface area (Å²) in [6, 6.07) is 6.68. The summed E-state index contributed by atoms with van der Waals surface area (Å²) in [7, 11) is 4.54. The predicted octanol–water partition coefficient (Wildman–Crippen LogP) is 4.49. The van der Waals surface area contributed by atoms with Crippen LogP contribution in [0, 0.1) is 0 Å². The van der Waals surface area contributed by atoms with Crippen LogP contribution in [-0.2, 0) is 0 Å². The Kier molecular flexibility index (Phi) is 7.72. The van der Waals surface area contributed by atoms with Crippen LogP contribution in [0.5, 0.6) is 17.2 Å². The van der Waals surface area contributed by atoms with E-state index in [9.17, 15) is 9.59 Å². The van der Waals surface area contributed by atoms with Crippen molar-refractivity contribution in [2.75, 3.05) is 39.7 Å². The molecule has 1 aliphatic rings. The normalized spacial score (nSPS) is 13.9. The molecule has 0 spiro atoms. The van der Waals surface area contributed by atoms with Gasteiger partial charge in [-0.15, -0.1) is 11.3 Å². The minimum atomic E-state index is -0.301. The summed E-state index contributed by atoms with van der Waals surface area (Å²) in [5.41, 5.74) is 1.33. The van der Waals surface area contributed by atoms with Crippen molar-refractivity contribution in [3.8, 4) is 17.2 Å². The fourth-order valence-electron chi connectivity index (χ4n) is 3.99. The maximum absolute atomic E-state index is 13.2. The number of piperidine rings is 1. The number of hydrogen-bond donors (Lipinski definition) is 1. The Morgan fingerprint density at radius 3 is 2.43 bits per heavy atom. The van der Waals surface area contributed by atoms with E-state index in [2.05, 4.69) is 15.3 Å². The van der Waals surface area contributed by atoms with Crippen molar-refractivity contribution >= 4 is 40.4 Å². The minimum Gasteiger partial charge on any atom is -0.493 e. The van der Waals surface area contributed by atoms with Crippen molar-refractivity contribution in [1.29, 1.82) is 0 Å².